The highest BCUT2D eigenvalue weighted by atomic mass is 32.2. The van der Waals surface area contributed by atoms with E-state index < -0.39 is 0 Å². The van der Waals surface area contributed by atoms with Crippen LogP contribution in [0.5, 0.6) is 0 Å². The Kier molecular flexibility index (Phi) is 5.07. The average Bonchev–Trinajstić information content (AvgIpc) is 3.13. The highest BCUT2D eigenvalue weighted by Gasteiger charge is 2.30. The summed E-state index contributed by atoms with van der Waals surface area (Å²) in [5.41, 5.74) is 4.27. The molecule has 0 saturated carbocycles. The Morgan fingerprint density at radius 3 is 2.37 bits per heavy atom. The van der Waals surface area contributed by atoms with Gasteiger partial charge in [0, 0.05) is 53.2 Å². The third-order valence-corrected chi connectivity index (χ3v) is 6.55. The number of fused-ring (bicyclic) bond motifs is 1. The molecule has 5 heteroatoms. The van der Waals surface area contributed by atoms with Crippen LogP contribution >= 0.6 is 11.9 Å². The Hall–Kier alpha value is -3.02. The van der Waals surface area contributed by atoms with Crippen LogP contribution in [0.3, 0.4) is 0 Å². The van der Waals surface area contributed by atoms with E-state index in [9.17, 15) is 4.79 Å². The number of likely N-dealkylation sites (tertiary alicyclic amines) is 1. The number of aliphatic hydroxyl groups excluding tert-OH is 1. The van der Waals surface area contributed by atoms with Crippen molar-refractivity contribution in [1.82, 2.24) is 8.87 Å². The first kappa shape index (κ1) is 19.0. The molecule has 3 aromatic carbocycles. The van der Waals surface area contributed by atoms with Crippen LogP contribution in [0.15, 0.2) is 90.0 Å². The molecule has 1 fully saturated rings. The summed E-state index contributed by atoms with van der Waals surface area (Å²) in [4.78, 5) is 15.4. The second-order valence-electron chi connectivity index (χ2n) is 7.63. The molecule has 1 aliphatic rings. The van der Waals surface area contributed by atoms with Gasteiger partial charge >= 0.3 is 0 Å². The summed E-state index contributed by atoms with van der Waals surface area (Å²) in [6.45, 7) is 1.43. The van der Waals surface area contributed by atoms with Gasteiger partial charge in [-0.1, -0.05) is 48.5 Å². The molecule has 0 unspecified atom stereocenters. The summed E-state index contributed by atoms with van der Waals surface area (Å²) in [5, 5.41) is 10.4. The lowest BCUT2D eigenvalue weighted by Crippen LogP contribution is -2.51. The standard InChI is InChI=1S/C25H22N2O2S/c28-17-18-14-26(15-18)25(29)20-10-12-21(13-11-20)30-27-16-23(19-6-2-1-3-7-19)22-8-4-5-9-24(22)27/h1-13,16,18,28H,14-15,17H2. The topological polar surface area (TPSA) is 45.5 Å². The molecule has 30 heavy (non-hydrogen) atoms. The molecule has 1 N–H and O–H groups in total. The van der Waals surface area contributed by atoms with Crippen LogP contribution in [0.1, 0.15) is 10.4 Å². The molecular formula is C25H22N2O2S. The van der Waals surface area contributed by atoms with E-state index in [1.807, 2.05) is 30.3 Å². The van der Waals surface area contributed by atoms with Gasteiger partial charge in [-0.3, -0.25) is 8.77 Å². The summed E-state index contributed by atoms with van der Waals surface area (Å²) in [6, 6.07) is 26.6. The number of rotatable bonds is 5. The molecule has 2 heterocycles. The van der Waals surface area contributed by atoms with Gasteiger partial charge in [0.2, 0.25) is 0 Å². The van der Waals surface area contributed by atoms with Crippen molar-refractivity contribution in [3.8, 4) is 11.1 Å². The van der Waals surface area contributed by atoms with E-state index in [0.717, 1.165) is 10.4 Å². The van der Waals surface area contributed by atoms with Crippen molar-refractivity contribution >= 4 is 28.8 Å². The Labute approximate surface area is 179 Å². The van der Waals surface area contributed by atoms with Crippen LogP contribution in [0.25, 0.3) is 22.0 Å². The number of benzene rings is 3. The monoisotopic (exact) mass is 414 g/mol. The highest BCUT2D eigenvalue weighted by Crippen LogP contribution is 2.35. The second-order valence-corrected chi connectivity index (χ2v) is 8.67. The number of amides is 1. The van der Waals surface area contributed by atoms with E-state index in [4.69, 9.17) is 5.11 Å². The molecule has 0 spiro atoms. The van der Waals surface area contributed by atoms with Crippen LogP contribution in [-0.4, -0.2) is 39.6 Å². The molecule has 0 radical (unpaired) electrons. The van der Waals surface area contributed by atoms with E-state index in [0.29, 0.717) is 18.7 Å². The summed E-state index contributed by atoms with van der Waals surface area (Å²) >= 11 is 1.64. The molecule has 150 valence electrons. The number of carbonyl (C=O) groups is 1. The van der Waals surface area contributed by atoms with Crippen LogP contribution < -0.4 is 0 Å². The molecule has 1 amide bonds. The summed E-state index contributed by atoms with van der Waals surface area (Å²) in [6.07, 6.45) is 2.18. The Balaban J connectivity index is 1.39. The molecular weight excluding hydrogens is 392 g/mol. The predicted octanol–water partition coefficient (Wildman–Crippen LogP) is 4.93. The summed E-state index contributed by atoms with van der Waals surface area (Å²) < 4.78 is 2.19. The van der Waals surface area contributed by atoms with Crippen LogP contribution in [0.4, 0.5) is 0 Å². The quantitative estimate of drug-likeness (QED) is 0.504. The first-order valence-corrected chi connectivity index (χ1v) is 10.8. The van der Waals surface area contributed by atoms with E-state index in [1.165, 1.54) is 16.5 Å². The van der Waals surface area contributed by atoms with Crippen molar-refractivity contribution in [1.29, 1.82) is 0 Å². The van der Waals surface area contributed by atoms with Gasteiger partial charge in [-0.25, -0.2) is 0 Å². The van der Waals surface area contributed by atoms with E-state index >= 15 is 0 Å². The van der Waals surface area contributed by atoms with Gasteiger partial charge in [0.05, 0.1) is 5.52 Å². The predicted molar refractivity (Wildman–Crippen MR) is 122 cm³/mol. The Morgan fingerprint density at radius 2 is 1.63 bits per heavy atom. The minimum atomic E-state index is 0.0361. The minimum absolute atomic E-state index is 0.0361. The third-order valence-electron chi connectivity index (χ3n) is 5.57. The van der Waals surface area contributed by atoms with Crippen LogP contribution in [-0.2, 0) is 0 Å². The van der Waals surface area contributed by atoms with Crippen molar-refractivity contribution < 1.29 is 9.90 Å². The summed E-state index contributed by atoms with van der Waals surface area (Å²) in [7, 11) is 0. The van der Waals surface area contributed by atoms with Gasteiger partial charge in [-0.2, -0.15) is 0 Å². The smallest absolute Gasteiger partial charge is 0.253 e. The van der Waals surface area contributed by atoms with Crippen LogP contribution in [0.2, 0.25) is 0 Å². The van der Waals surface area contributed by atoms with Crippen molar-refractivity contribution in [2.75, 3.05) is 19.7 Å². The highest BCUT2D eigenvalue weighted by molar-refractivity contribution is 7.98. The number of aromatic nitrogens is 1. The number of hydrogen-bond acceptors (Lipinski definition) is 3. The van der Waals surface area contributed by atoms with E-state index in [-0.39, 0.29) is 18.4 Å². The zero-order chi connectivity index (χ0) is 20.5. The maximum absolute atomic E-state index is 12.5. The zero-order valence-corrected chi connectivity index (χ0v) is 17.3. The molecule has 0 atom stereocenters. The van der Waals surface area contributed by atoms with Gasteiger partial charge < -0.3 is 10.0 Å². The molecule has 1 aliphatic heterocycles. The fourth-order valence-electron chi connectivity index (χ4n) is 3.88. The lowest BCUT2D eigenvalue weighted by molar-refractivity contribution is 0.0362. The number of aliphatic hydroxyl groups is 1. The second kappa shape index (κ2) is 8.01. The van der Waals surface area contributed by atoms with Crippen LogP contribution in [0, 0.1) is 5.92 Å². The van der Waals surface area contributed by atoms with Crippen molar-refractivity contribution in [2.45, 2.75) is 4.90 Å². The number of nitrogens with zero attached hydrogens (tertiary/aromatic N) is 2. The molecule has 4 nitrogen and oxygen atoms in total. The molecule has 1 saturated heterocycles. The average molecular weight is 415 g/mol. The van der Waals surface area contributed by atoms with Gasteiger partial charge in [-0.05, 0) is 47.8 Å². The van der Waals surface area contributed by atoms with E-state index in [2.05, 4.69) is 58.7 Å². The largest absolute Gasteiger partial charge is 0.396 e. The number of hydrogen-bond donors (Lipinski definition) is 1. The van der Waals surface area contributed by atoms with Gasteiger partial charge in [0.25, 0.3) is 5.91 Å². The van der Waals surface area contributed by atoms with Crippen molar-refractivity contribution in [3.05, 3.63) is 90.6 Å². The summed E-state index contributed by atoms with van der Waals surface area (Å²) in [5.74, 6) is 0.263. The molecule has 0 aliphatic carbocycles. The van der Waals surface area contributed by atoms with Gasteiger partial charge in [0.1, 0.15) is 0 Å². The first-order chi connectivity index (χ1) is 14.7. The molecule has 1 aromatic heterocycles. The van der Waals surface area contributed by atoms with Gasteiger partial charge in [-0.15, -0.1) is 0 Å². The molecule has 4 aromatic rings. The molecule has 0 bridgehead atoms. The van der Waals surface area contributed by atoms with Crippen molar-refractivity contribution in [2.24, 2.45) is 5.92 Å². The lowest BCUT2D eigenvalue weighted by Gasteiger charge is -2.38. The lowest BCUT2D eigenvalue weighted by atomic mass is 10.00. The Bertz CT molecular complexity index is 1180. The number of para-hydroxylation sites is 1. The number of carbonyl (C=O) groups excluding carboxylic acids is 1. The first-order valence-electron chi connectivity index (χ1n) is 10.1. The maximum Gasteiger partial charge on any atom is 0.253 e. The normalized spacial score (nSPS) is 14.1. The fraction of sp³-hybridized carbons (Fsp3) is 0.160. The Morgan fingerprint density at radius 1 is 0.933 bits per heavy atom. The van der Waals surface area contributed by atoms with E-state index in [1.54, 1.807) is 16.8 Å². The van der Waals surface area contributed by atoms with Gasteiger partial charge in [0.15, 0.2) is 0 Å². The minimum Gasteiger partial charge on any atom is -0.396 e. The SMILES string of the molecule is O=C(c1ccc(Sn2cc(-c3ccccc3)c3ccccc32)cc1)N1CC(CO)C1. The molecule has 5 rings (SSSR count). The zero-order valence-electron chi connectivity index (χ0n) is 16.4. The maximum atomic E-state index is 12.5. The third kappa shape index (κ3) is 3.51. The fourth-order valence-corrected chi connectivity index (χ4v) is 4.78. The van der Waals surface area contributed by atoms with Crippen molar-refractivity contribution in [3.63, 3.8) is 0 Å².